The Labute approximate surface area is 91.0 Å². The average molecular weight is 212 g/mol. The maximum absolute atomic E-state index is 12.2. The summed E-state index contributed by atoms with van der Waals surface area (Å²) in [5.74, 6) is 0.959. The van der Waals surface area contributed by atoms with Crippen molar-refractivity contribution in [2.24, 2.45) is 11.8 Å². The predicted octanol–water partition coefficient (Wildman–Crippen LogP) is 0.0892. The lowest BCUT2D eigenvalue weighted by molar-refractivity contribution is -0.135. The van der Waals surface area contributed by atoms with Crippen molar-refractivity contribution in [1.82, 2.24) is 10.2 Å². The Morgan fingerprint density at radius 3 is 2.87 bits per heavy atom. The fraction of sp³-hybridized carbons (Fsp3) is 0.909. The van der Waals surface area contributed by atoms with Crippen molar-refractivity contribution in [3.05, 3.63) is 0 Å². The summed E-state index contributed by atoms with van der Waals surface area (Å²) in [6.07, 6.45) is 1.14. The standard InChI is InChI=1S/C11H20N2O2/c1-8-3-4-13(5-8)11(14)9-6-15-7-10(9)12-2/h8-10,12H,3-7H2,1-2H3. The lowest BCUT2D eigenvalue weighted by Crippen LogP contribution is -2.43. The summed E-state index contributed by atoms with van der Waals surface area (Å²) in [4.78, 5) is 14.2. The molecule has 2 aliphatic rings. The molecule has 3 unspecified atom stereocenters. The number of nitrogens with one attached hydrogen (secondary N) is 1. The lowest BCUT2D eigenvalue weighted by Gasteiger charge is -2.23. The van der Waals surface area contributed by atoms with Crippen molar-refractivity contribution in [1.29, 1.82) is 0 Å². The van der Waals surface area contributed by atoms with Gasteiger partial charge in [-0.2, -0.15) is 0 Å². The molecule has 0 aromatic rings. The summed E-state index contributed by atoms with van der Waals surface area (Å²) in [6.45, 7) is 5.29. The zero-order valence-corrected chi connectivity index (χ0v) is 9.53. The number of nitrogens with zero attached hydrogens (tertiary/aromatic N) is 1. The first-order chi connectivity index (χ1) is 7.22. The van der Waals surface area contributed by atoms with E-state index in [2.05, 4.69) is 12.2 Å². The van der Waals surface area contributed by atoms with Crippen LogP contribution >= 0.6 is 0 Å². The van der Waals surface area contributed by atoms with Crippen LogP contribution < -0.4 is 5.32 Å². The second kappa shape index (κ2) is 4.49. The SMILES string of the molecule is CNC1COCC1C(=O)N1CCC(C)C1. The molecule has 86 valence electrons. The highest BCUT2D eigenvalue weighted by molar-refractivity contribution is 5.80. The highest BCUT2D eigenvalue weighted by atomic mass is 16.5. The minimum Gasteiger partial charge on any atom is -0.379 e. The van der Waals surface area contributed by atoms with Crippen LogP contribution in [0.5, 0.6) is 0 Å². The van der Waals surface area contributed by atoms with Crippen LogP contribution in [0.4, 0.5) is 0 Å². The number of carbonyl (C=O) groups excluding carboxylic acids is 1. The third kappa shape index (κ3) is 2.16. The van der Waals surface area contributed by atoms with Crippen molar-refractivity contribution >= 4 is 5.91 Å². The molecule has 2 aliphatic heterocycles. The van der Waals surface area contributed by atoms with Gasteiger partial charge in [-0.3, -0.25) is 4.79 Å². The normalized spacial score (nSPS) is 36.1. The van der Waals surface area contributed by atoms with Gasteiger partial charge in [-0.05, 0) is 19.4 Å². The number of carbonyl (C=O) groups is 1. The second-order valence-electron chi connectivity index (χ2n) is 4.72. The molecular weight excluding hydrogens is 192 g/mol. The van der Waals surface area contributed by atoms with Crippen LogP contribution in [0.3, 0.4) is 0 Å². The molecule has 15 heavy (non-hydrogen) atoms. The van der Waals surface area contributed by atoms with Crippen LogP contribution in [0, 0.1) is 11.8 Å². The maximum atomic E-state index is 12.2. The molecule has 0 spiro atoms. The van der Waals surface area contributed by atoms with E-state index in [4.69, 9.17) is 4.74 Å². The minimum atomic E-state index is 0.0281. The monoisotopic (exact) mass is 212 g/mol. The molecule has 4 heteroatoms. The summed E-state index contributed by atoms with van der Waals surface area (Å²) in [6, 6.07) is 0.202. The number of ether oxygens (including phenoxy) is 1. The van der Waals surface area contributed by atoms with Crippen LogP contribution in [0.1, 0.15) is 13.3 Å². The third-order valence-electron chi connectivity index (χ3n) is 3.50. The molecule has 2 saturated heterocycles. The Morgan fingerprint density at radius 1 is 1.47 bits per heavy atom. The molecule has 2 fully saturated rings. The first kappa shape index (κ1) is 10.9. The van der Waals surface area contributed by atoms with Crippen molar-refractivity contribution in [2.75, 3.05) is 33.4 Å². The van der Waals surface area contributed by atoms with Gasteiger partial charge in [-0.1, -0.05) is 6.92 Å². The number of rotatable bonds is 2. The zero-order valence-electron chi connectivity index (χ0n) is 9.53. The van der Waals surface area contributed by atoms with Crippen LogP contribution in [0.15, 0.2) is 0 Å². The van der Waals surface area contributed by atoms with Crippen molar-refractivity contribution in [3.63, 3.8) is 0 Å². The molecule has 3 atom stereocenters. The first-order valence-electron chi connectivity index (χ1n) is 5.76. The smallest absolute Gasteiger partial charge is 0.229 e. The van der Waals surface area contributed by atoms with Crippen LogP contribution in [-0.2, 0) is 9.53 Å². The van der Waals surface area contributed by atoms with Crippen LogP contribution in [0.25, 0.3) is 0 Å². The van der Waals surface area contributed by atoms with Gasteiger partial charge in [0.25, 0.3) is 0 Å². The van der Waals surface area contributed by atoms with Crippen LogP contribution in [-0.4, -0.2) is 50.2 Å². The van der Waals surface area contributed by atoms with Crippen LogP contribution in [0.2, 0.25) is 0 Å². The number of hydrogen-bond acceptors (Lipinski definition) is 3. The lowest BCUT2D eigenvalue weighted by atomic mass is 10.0. The van der Waals surface area contributed by atoms with Gasteiger partial charge < -0.3 is 15.0 Å². The summed E-state index contributed by atoms with van der Waals surface area (Å²) in [5, 5.41) is 3.16. The summed E-state index contributed by atoms with van der Waals surface area (Å²) < 4.78 is 5.36. The number of likely N-dealkylation sites (tertiary alicyclic amines) is 1. The Balaban J connectivity index is 1.95. The molecule has 0 radical (unpaired) electrons. The Morgan fingerprint density at radius 2 is 2.27 bits per heavy atom. The summed E-state index contributed by atoms with van der Waals surface area (Å²) in [5.41, 5.74) is 0. The highest BCUT2D eigenvalue weighted by Gasteiger charge is 2.37. The molecule has 0 aromatic carbocycles. The summed E-state index contributed by atoms with van der Waals surface area (Å²) in [7, 11) is 1.90. The molecule has 1 amide bonds. The quantitative estimate of drug-likeness (QED) is 0.705. The van der Waals surface area contributed by atoms with E-state index in [1.165, 1.54) is 0 Å². The largest absolute Gasteiger partial charge is 0.379 e. The van der Waals surface area contributed by atoms with Gasteiger partial charge in [0.05, 0.1) is 19.1 Å². The Kier molecular flexibility index (Phi) is 3.26. The number of amides is 1. The molecule has 4 nitrogen and oxygen atoms in total. The van der Waals surface area contributed by atoms with E-state index in [9.17, 15) is 4.79 Å². The van der Waals surface area contributed by atoms with Gasteiger partial charge in [0.1, 0.15) is 0 Å². The number of hydrogen-bond donors (Lipinski definition) is 1. The molecule has 0 aliphatic carbocycles. The molecule has 0 bridgehead atoms. The minimum absolute atomic E-state index is 0.0281. The van der Waals surface area contributed by atoms with Gasteiger partial charge in [0, 0.05) is 19.1 Å². The van der Waals surface area contributed by atoms with E-state index in [0.29, 0.717) is 19.1 Å². The second-order valence-corrected chi connectivity index (χ2v) is 4.72. The Bertz CT molecular complexity index is 245. The average Bonchev–Trinajstić information content (AvgIpc) is 2.84. The molecule has 0 aromatic heterocycles. The summed E-state index contributed by atoms with van der Waals surface area (Å²) >= 11 is 0. The fourth-order valence-electron chi connectivity index (χ4n) is 2.45. The van der Waals surface area contributed by atoms with E-state index in [1.54, 1.807) is 0 Å². The predicted molar refractivity (Wildman–Crippen MR) is 57.5 cm³/mol. The fourth-order valence-corrected chi connectivity index (χ4v) is 2.45. The van der Waals surface area contributed by atoms with Gasteiger partial charge in [0.15, 0.2) is 0 Å². The maximum Gasteiger partial charge on any atom is 0.229 e. The van der Waals surface area contributed by atoms with E-state index >= 15 is 0 Å². The molecule has 2 rings (SSSR count). The van der Waals surface area contributed by atoms with E-state index < -0.39 is 0 Å². The van der Waals surface area contributed by atoms with E-state index in [-0.39, 0.29) is 17.9 Å². The van der Waals surface area contributed by atoms with E-state index in [0.717, 1.165) is 19.5 Å². The van der Waals surface area contributed by atoms with Gasteiger partial charge in [0.2, 0.25) is 5.91 Å². The first-order valence-corrected chi connectivity index (χ1v) is 5.76. The Hall–Kier alpha value is -0.610. The zero-order chi connectivity index (χ0) is 10.8. The van der Waals surface area contributed by atoms with Crippen molar-refractivity contribution in [2.45, 2.75) is 19.4 Å². The van der Waals surface area contributed by atoms with Gasteiger partial charge >= 0.3 is 0 Å². The molecule has 0 saturated carbocycles. The molecule has 2 heterocycles. The molecule has 1 N–H and O–H groups in total. The van der Waals surface area contributed by atoms with Gasteiger partial charge in [-0.25, -0.2) is 0 Å². The van der Waals surface area contributed by atoms with Crippen molar-refractivity contribution < 1.29 is 9.53 Å². The van der Waals surface area contributed by atoms with Crippen molar-refractivity contribution in [3.8, 4) is 0 Å². The van der Waals surface area contributed by atoms with E-state index in [1.807, 2.05) is 11.9 Å². The van der Waals surface area contributed by atoms with Gasteiger partial charge in [-0.15, -0.1) is 0 Å². The molecular formula is C11H20N2O2. The third-order valence-corrected chi connectivity index (χ3v) is 3.50. The number of likely N-dealkylation sites (N-methyl/N-ethyl adjacent to an activating group) is 1. The topological polar surface area (TPSA) is 41.6 Å². The highest BCUT2D eigenvalue weighted by Crippen LogP contribution is 2.21.